The summed E-state index contributed by atoms with van der Waals surface area (Å²) in [6.45, 7) is 3.01. The summed E-state index contributed by atoms with van der Waals surface area (Å²) in [5.74, 6) is -0.592. The number of hydrogen-bond acceptors (Lipinski definition) is 6. The summed E-state index contributed by atoms with van der Waals surface area (Å²) in [5, 5.41) is 12.6. The van der Waals surface area contributed by atoms with Crippen LogP contribution in [0.25, 0.3) is 0 Å². The first-order chi connectivity index (χ1) is 8.35. The van der Waals surface area contributed by atoms with E-state index < -0.39 is 22.0 Å². The molecule has 2 rings (SSSR count). The number of aliphatic carboxylic acids is 1. The molecule has 0 saturated carbocycles. The standard InChI is InChI=1S/C9H12N2O5S2/c1-5-8(6(2)16-10-5)18(14,15)11-4-17-3-7(11)9(12)13/h7H,3-4H2,1-2H3,(H,12,13)/t7-/m0/s1. The van der Waals surface area contributed by atoms with Gasteiger partial charge in [-0.3, -0.25) is 4.79 Å². The van der Waals surface area contributed by atoms with Crippen LogP contribution < -0.4 is 0 Å². The van der Waals surface area contributed by atoms with Gasteiger partial charge < -0.3 is 9.63 Å². The van der Waals surface area contributed by atoms with E-state index in [9.17, 15) is 13.2 Å². The molecular formula is C9H12N2O5S2. The van der Waals surface area contributed by atoms with Crippen molar-refractivity contribution in [1.29, 1.82) is 0 Å². The minimum absolute atomic E-state index is 0.0312. The van der Waals surface area contributed by atoms with Crippen LogP contribution in [0.5, 0.6) is 0 Å². The van der Waals surface area contributed by atoms with E-state index >= 15 is 0 Å². The van der Waals surface area contributed by atoms with E-state index in [-0.39, 0.29) is 28.0 Å². The third-order valence-corrected chi connectivity index (χ3v) is 5.94. The molecule has 0 unspecified atom stereocenters. The molecule has 0 radical (unpaired) electrons. The molecule has 2 heterocycles. The van der Waals surface area contributed by atoms with Crippen molar-refractivity contribution >= 4 is 27.8 Å². The second-order valence-corrected chi connectivity index (χ2v) is 6.73. The van der Waals surface area contributed by atoms with Gasteiger partial charge in [0.2, 0.25) is 10.0 Å². The normalized spacial score (nSPS) is 21.3. The number of hydrogen-bond donors (Lipinski definition) is 1. The lowest BCUT2D eigenvalue weighted by molar-refractivity contribution is -0.140. The van der Waals surface area contributed by atoms with Crippen molar-refractivity contribution < 1.29 is 22.8 Å². The van der Waals surface area contributed by atoms with Crippen molar-refractivity contribution in [3.05, 3.63) is 11.5 Å². The number of rotatable bonds is 3. The molecule has 7 nitrogen and oxygen atoms in total. The first-order valence-corrected chi connectivity index (χ1v) is 7.70. The van der Waals surface area contributed by atoms with Gasteiger partial charge >= 0.3 is 5.97 Å². The van der Waals surface area contributed by atoms with Crippen molar-refractivity contribution in [2.75, 3.05) is 11.6 Å². The van der Waals surface area contributed by atoms with Crippen LogP contribution in [0.15, 0.2) is 9.42 Å². The monoisotopic (exact) mass is 292 g/mol. The molecule has 0 amide bonds. The molecule has 0 aromatic carbocycles. The number of aromatic nitrogens is 1. The van der Waals surface area contributed by atoms with E-state index in [0.717, 1.165) is 4.31 Å². The average Bonchev–Trinajstić information content (AvgIpc) is 2.85. The maximum Gasteiger partial charge on any atom is 0.322 e. The maximum atomic E-state index is 12.4. The lowest BCUT2D eigenvalue weighted by Gasteiger charge is -2.19. The van der Waals surface area contributed by atoms with Crippen LogP contribution in [-0.4, -0.2) is 46.6 Å². The lowest BCUT2D eigenvalue weighted by Crippen LogP contribution is -2.41. The van der Waals surface area contributed by atoms with Gasteiger partial charge in [0.25, 0.3) is 0 Å². The molecule has 0 aliphatic carbocycles. The van der Waals surface area contributed by atoms with Crippen LogP contribution in [0.1, 0.15) is 11.5 Å². The fourth-order valence-corrected chi connectivity index (χ4v) is 5.25. The van der Waals surface area contributed by atoms with Gasteiger partial charge in [0, 0.05) is 5.75 Å². The highest BCUT2D eigenvalue weighted by Crippen LogP contribution is 2.31. The summed E-state index contributed by atoms with van der Waals surface area (Å²) in [7, 11) is -3.88. The first-order valence-electron chi connectivity index (χ1n) is 5.11. The quantitative estimate of drug-likeness (QED) is 0.862. The molecule has 100 valence electrons. The predicted molar refractivity (Wildman–Crippen MR) is 63.8 cm³/mol. The Morgan fingerprint density at radius 3 is 2.72 bits per heavy atom. The van der Waals surface area contributed by atoms with Gasteiger partial charge in [-0.2, -0.15) is 4.31 Å². The van der Waals surface area contributed by atoms with Crippen molar-refractivity contribution in [2.24, 2.45) is 0 Å². The molecule has 1 fully saturated rings. The first kappa shape index (κ1) is 13.4. The molecule has 1 aliphatic rings. The molecule has 1 aliphatic heterocycles. The third-order valence-electron chi connectivity index (χ3n) is 2.66. The van der Waals surface area contributed by atoms with Crippen molar-refractivity contribution in [3.63, 3.8) is 0 Å². The van der Waals surface area contributed by atoms with Gasteiger partial charge in [-0.1, -0.05) is 5.16 Å². The van der Waals surface area contributed by atoms with E-state index in [4.69, 9.17) is 9.63 Å². The Hall–Kier alpha value is -1.06. The van der Waals surface area contributed by atoms with Gasteiger partial charge in [0.05, 0.1) is 5.88 Å². The highest BCUT2D eigenvalue weighted by molar-refractivity contribution is 8.00. The average molecular weight is 292 g/mol. The highest BCUT2D eigenvalue weighted by Gasteiger charge is 2.42. The molecule has 9 heteroatoms. The van der Waals surface area contributed by atoms with Crippen LogP contribution in [0.4, 0.5) is 0 Å². The molecule has 1 N–H and O–H groups in total. The molecule has 18 heavy (non-hydrogen) atoms. The number of aryl methyl sites for hydroxylation is 2. The Bertz CT molecular complexity index is 560. The predicted octanol–water partition coefficient (Wildman–Crippen LogP) is 0.440. The van der Waals surface area contributed by atoms with Gasteiger partial charge in [-0.25, -0.2) is 8.42 Å². The molecule has 0 spiro atoms. The largest absolute Gasteiger partial charge is 0.480 e. The summed E-state index contributed by atoms with van der Waals surface area (Å²) in [6, 6.07) is -1.03. The van der Waals surface area contributed by atoms with Crippen LogP contribution >= 0.6 is 11.8 Å². The summed E-state index contributed by atoms with van der Waals surface area (Å²) in [6.07, 6.45) is 0. The molecular weight excluding hydrogens is 280 g/mol. The zero-order valence-corrected chi connectivity index (χ0v) is 11.4. The van der Waals surface area contributed by atoms with Crippen molar-refractivity contribution in [2.45, 2.75) is 24.8 Å². The molecule has 1 atom stereocenters. The summed E-state index contributed by atoms with van der Waals surface area (Å²) in [4.78, 5) is 11.0. The molecule has 1 saturated heterocycles. The molecule has 1 aromatic rings. The SMILES string of the molecule is Cc1noc(C)c1S(=O)(=O)N1CSC[C@H]1C(=O)O. The summed E-state index contributed by atoms with van der Waals surface area (Å²) >= 11 is 1.27. The zero-order valence-electron chi connectivity index (χ0n) is 9.78. The third kappa shape index (κ3) is 2.02. The second kappa shape index (κ2) is 4.56. The summed E-state index contributed by atoms with van der Waals surface area (Å²) < 4.78 is 30.6. The van der Waals surface area contributed by atoms with Crippen LogP contribution in [0.2, 0.25) is 0 Å². The minimum atomic E-state index is -3.88. The highest BCUT2D eigenvalue weighted by atomic mass is 32.2. The van der Waals surface area contributed by atoms with Crippen LogP contribution in [-0.2, 0) is 14.8 Å². The molecule has 0 bridgehead atoms. The van der Waals surface area contributed by atoms with E-state index in [2.05, 4.69) is 5.16 Å². The number of carboxylic acid groups (broad SMARTS) is 1. The van der Waals surface area contributed by atoms with Crippen LogP contribution in [0.3, 0.4) is 0 Å². The van der Waals surface area contributed by atoms with Gasteiger partial charge in [-0.15, -0.1) is 11.8 Å². The number of sulfonamides is 1. The van der Waals surface area contributed by atoms with Crippen LogP contribution in [0, 0.1) is 13.8 Å². The number of nitrogens with zero attached hydrogens (tertiary/aromatic N) is 2. The number of thioether (sulfide) groups is 1. The Morgan fingerprint density at radius 2 is 2.22 bits per heavy atom. The lowest BCUT2D eigenvalue weighted by atomic mass is 10.4. The van der Waals surface area contributed by atoms with E-state index in [1.165, 1.54) is 25.6 Å². The van der Waals surface area contributed by atoms with E-state index in [1.54, 1.807) is 0 Å². The number of carboxylic acids is 1. The smallest absolute Gasteiger partial charge is 0.322 e. The maximum absolute atomic E-state index is 12.4. The Kier molecular flexibility index (Phi) is 3.39. The minimum Gasteiger partial charge on any atom is -0.480 e. The van der Waals surface area contributed by atoms with Crippen molar-refractivity contribution in [1.82, 2.24) is 9.46 Å². The van der Waals surface area contributed by atoms with E-state index in [1.807, 2.05) is 0 Å². The Balaban J connectivity index is 2.46. The molecule has 1 aromatic heterocycles. The Morgan fingerprint density at radius 1 is 1.56 bits per heavy atom. The van der Waals surface area contributed by atoms with Gasteiger partial charge in [0.1, 0.15) is 16.6 Å². The zero-order chi connectivity index (χ0) is 13.5. The fraction of sp³-hybridized carbons (Fsp3) is 0.556. The van der Waals surface area contributed by atoms with Gasteiger partial charge in [0.15, 0.2) is 5.76 Å². The number of carbonyl (C=O) groups is 1. The fourth-order valence-electron chi connectivity index (χ4n) is 1.82. The van der Waals surface area contributed by atoms with E-state index in [0.29, 0.717) is 0 Å². The second-order valence-electron chi connectivity index (χ2n) is 3.90. The topological polar surface area (TPSA) is 101 Å². The summed E-state index contributed by atoms with van der Waals surface area (Å²) in [5.41, 5.74) is 0.244. The van der Waals surface area contributed by atoms with Gasteiger partial charge in [-0.05, 0) is 13.8 Å². The van der Waals surface area contributed by atoms with Crippen molar-refractivity contribution in [3.8, 4) is 0 Å². The Labute approximate surface area is 108 Å².